The number of carbonyl (C=O) groups excluding carboxylic acids is 1. The van der Waals surface area contributed by atoms with Crippen molar-refractivity contribution in [3.63, 3.8) is 0 Å². The first-order chi connectivity index (χ1) is 10.1. The van der Waals surface area contributed by atoms with Crippen LogP contribution < -0.4 is 113 Å². The molecule has 2 rings (SSSR count). The molecule has 4 nitrogen and oxygen atoms in total. The largest absolute Gasteiger partial charge is 1.00 e. The fourth-order valence-electron chi connectivity index (χ4n) is 1.88. The second kappa shape index (κ2) is 12.5. The molecule has 0 bridgehead atoms. The van der Waals surface area contributed by atoms with Gasteiger partial charge in [0.1, 0.15) is 0 Å². The van der Waals surface area contributed by atoms with Gasteiger partial charge in [0.15, 0.2) is 0 Å². The Morgan fingerprint density at radius 2 is 1.83 bits per heavy atom. The van der Waals surface area contributed by atoms with Crippen molar-refractivity contribution in [2.45, 2.75) is 12.5 Å². The summed E-state index contributed by atoms with van der Waals surface area (Å²) in [5.74, 6) is -1.35. The molecule has 0 aliphatic carbocycles. The third-order valence-electron chi connectivity index (χ3n) is 2.91. The summed E-state index contributed by atoms with van der Waals surface area (Å²) in [5, 5.41) is 22.6. The number of halogens is 1. The molecule has 23 heavy (non-hydrogen) atoms. The number of carboxylic acids is 1. The van der Waals surface area contributed by atoms with Gasteiger partial charge in [-0.25, -0.2) is 0 Å². The van der Waals surface area contributed by atoms with E-state index in [0.29, 0.717) is 5.56 Å². The normalized spacial score (nSPS) is 11.3. The summed E-state index contributed by atoms with van der Waals surface area (Å²) in [5.41, 5.74) is 1.17. The Kier molecular flexibility index (Phi) is 13.1. The molecule has 0 fully saturated rings. The molecule has 7 heteroatoms. The minimum atomic E-state index is -1.18. The van der Waals surface area contributed by atoms with Crippen LogP contribution in [-0.4, -0.2) is 12.2 Å². The first-order valence-electron chi connectivity index (χ1n) is 6.31. The summed E-state index contributed by atoms with van der Waals surface area (Å²) < 4.78 is 0.764. The van der Waals surface area contributed by atoms with E-state index in [9.17, 15) is 15.0 Å². The quantitative estimate of drug-likeness (QED) is 0.361. The molecule has 0 aliphatic rings. The summed E-state index contributed by atoms with van der Waals surface area (Å²) in [6.07, 6.45) is 1.18. The Labute approximate surface area is 228 Å². The number of aliphatic imine (C=N–C) groups is 1. The number of hydrogen-bond donors (Lipinski definition) is 0. The number of carboxylic acid groups (broad SMARTS) is 1. The van der Waals surface area contributed by atoms with Crippen LogP contribution in [0.2, 0.25) is 0 Å². The van der Waals surface area contributed by atoms with E-state index in [4.69, 9.17) is 0 Å². The molecule has 0 saturated heterocycles. The molecule has 2 aromatic rings. The molecule has 0 spiro atoms. The van der Waals surface area contributed by atoms with Crippen molar-refractivity contribution >= 4 is 28.1 Å². The Balaban J connectivity index is 0.00000242. The minimum Gasteiger partial charge on any atom is -0.872 e. The molecule has 0 amide bonds. The van der Waals surface area contributed by atoms with Gasteiger partial charge in [0.25, 0.3) is 0 Å². The molecule has 0 aliphatic heterocycles. The van der Waals surface area contributed by atoms with Crippen molar-refractivity contribution in [1.82, 2.24) is 0 Å². The Bertz CT molecular complexity index is 666. The van der Waals surface area contributed by atoms with Gasteiger partial charge >= 0.3 is 103 Å². The van der Waals surface area contributed by atoms with E-state index in [2.05, 4.69) is 20.9 Å². The van der Waals surface area contributed by atoms with Crippen LogP contribution in [0.15, 0.2) is 58.0 Å². The van der Waals surface area contributed by atoms with Crippen molar-refractivity contribution < 1.29 is 118 Å². The average molecular weight is 424 g/mol. The third kappa shape index (κ3) is 8.37. The van der Waals surface area contributed by atoms with Crippen LogP contribution in [0.25, 0.3) is 0 Å². The summed E-state index contributed by atoms with van der Waals surface area (Å²) in [4.78, 5) is 15.1. The van der Waals surface area contributed by atoms with Gasteiger partial charge in [-0.1, -0.05) is 58.1 Å². The number of nitrogens with zero attached hydrogens (tertiary/aromatic N) is 1. The van der Waals surface area contributed by atoms with Gasteiger partial charge < -0.3 is 15.0 Å². The van der Waals surface area contributed by atoms with Crippen LogP contribution in [0.4, 0.5) is 0 Å². The number of benzene rings is 2. The zero-order chi connectivity index (χ0) is 15.2. The predicted octanol–water partition coefficient (Wildman–Crippen LogP) is -4.17. The maximum absolute atomic E-state index is 11.7. The second-order valence-corrected chi connectivity index (χ2v) is 5.38. The van der Waals surface area contributed by atoms with E-state index in [0.717, 1.165) is 10.0 Å². The zero-order valence-electron chi connectivity index (χ0n) is 13.0. The molecule has 1 atom stereocenters. The number of aliphatic carboxylic acids is 1. The van der Waals surface area contributed by atoms with E-state index >= 15 is 0 Å². The van der Waals surface area contributed by atoms with E-state index in [-0.39, 0.29) is 115 Å². The zero-order valence-corrected chi connectivity index (χ0v) is 20.9. The van der Waals surface area contributed by atoms with E-state index in [1.807, 2.05) is 18.2 Å². The SMILES string of the molecule is O=C([O-])C[C@@H](N=Cc1cc(Br)ccc1[O-])c1ccccc1.[K+].[K+]. The first kappa shape index (κ1) is 24.1. The number of carbonyl (C=O) groups is 1. The average Bonchev–Trinajstić information content (AvgIpc) is 2.47. The topological polar surface area (TPSA) is 75.5 Å². The Morgan fingerprint density at radius 3 is 2.43 bits per heavy atom. The maximum atomic E-state index is 11.7. The van der Waals surface area contributed by atoms with Crippen molar-refractivity contribution in [2.75, 3.05) is 0 Å². The molecule has 0 saturated carbocycles. The standard InChI is InChI=1S/C16H14BrNO3.2K/c17-13-6-7-15(19)12(8-13)10-18-14(9-16(20)21)11-4-2-1-3-5-11;;/h1-8,10,14,19H,9H2,(H,20,21);;/q;2*+1/p-2/t14-;;/m1../s1. The first-order valence-corrected chi connectivity index (χ1v) is 7.10. The minimum absolute atomic E-state index is 0. The second-order valence-electron chi connectivity index (χ2n) is 4.46. The molecule has 0 heterocycles. The molecular weight excluding hydrogens is 412 g/mol. The van der Waals surface area contributed by atoms with Gasteiger partial charge in [0.05, 0.1) is 6.04 Å². The fourth-order valence-corrected chi connectivity index (χ4v) is 2.26. The van der Waals surface area contributed by atoms with E-state index in [1.165, 1.54) is 12.3 Å². The Hall–Kier alpha value is 1.13. The van der Waals surface area contributed by atoms with Gasteiger partial charge in [-0.05, 0) is 23.3 Å². The van der Waals surface area contributed by atoms with E-state index < -0.39 is 12.0 Å². The van der Waals surface area contributed by atoms with E-state index in [1.54, 1.807) is 24.3 Å². The van der Waals surface area contributed by atoms with Crippen LogP contribution in [0, 0.1) is 0 Å². The molecular formula is C16H12BrK2NO3. The van der Waals surface area contributed by atoms with Gasteiger partial charge in [0.2, 0.25) is 0 Å². The summed E-state index contributed by atoms with van der Waals surface area (Å²) in [7, 11) is 0. The van der Waals surface area contributed by atoms with Gasteiger partial charge in [0, 0.05) is 23.1 Å². The summed E-state index contributed by atoms with van der Waals surface area (Å²) in [6, 6.07) is 13.2. The Morgan fingerprint density at radius 1 is 1.17 bits per heavy atom. The van der Waals surface area contributed by atoms with Crippen molar-refractivity contribution in [1.29, 1.82) is 0 Å². The van der Waals surface area contributed by atoms with Crippen LogP contribution in [0.5, 0.6) is 5.75 Å². The molecule has 0 N–H and O–H groups in total. The predicted molar refractivity (Wildman–Crippen MR) is 80.0 cm³/mol. The summed E-state index contributed by atoms with van der Waals surface area (Å²) in [6.45, 7) is 0. The van der Waals surface area contributed by atoms with Crippen molar-refractivity contribution in [3.05, 3.63) is 64.1 Å². The van der Waals surface area contributed by atoms with Crippen molar-refractivity contribution in [3.8, 4) is 5.75 Å². The van der Waals surface area contributed by atoms with Gasteiger partial charge in [-0.3, -0.25) is 4.99 Å². The van der Waals surface area contributed by atoms with Crippen LogP contribution in [0.3, 0.4) is 0 Å². The van der Waals surface area contributed by atoms with Gasteiger partial charge in [-0.2, -0.15) is 0 Å². The van der Waals surface area contributed by atoms with Crippen LogP contribution in [-0.2, 0) is 4.79 Å². The molecule has 0 radical (unpaired) electrons. The third-order valence-corrected chi connectivity index (χ3v) is 3.40. The maximum Gasteiger partial charge on any atom is 1.00 e. The van der Waals surface area contributed by atoms with Gasteiger partial charge in [-0.15, -0.1) is 0 Å². The number of rotatable bonds is 5. The molecule has 2 aromatic carbocycles. The molecule has 0 unspecified atom stereocenters. The fraction of sp³-hybridized carbons (Fsp3) is 0.125. The smallest absolute Gasteiger partial charge is 0.872 e. The van der Waals surface area contributed by atoms with Crippen LogP contribution in [0.1, 0.15) is 23.6 Å². The number of hydrogen-bond acceptors (Lipinski definition) is 4. The summed E-state index contributed by atoms with van der Waals surface area (Å²) >= 11 is 3.28. The van der Waals surface area contributed by atoms with Crippen molar-refractivity contribution in [2.24, 2.45) is 4.99 Å². The molecule has 108 valence electrons. The van der Waals surface area contributed by atoms with Crippen LogP contribution >= 0.6 is 15.9 Å². The molecule has 0 aromatic heterocycles. The monoisotopic (exact) mass is 423 g/mol.